The Bertz CT molecular complexity index is 269. The molecule has 1 aliphatic heterocycles. The van der Waals surface area contributed by atoms with Gasteiger partial charge in [-0.1, -0.05) is 12.8 Å². The molecule has 1 saturated heterocycles. The van der Waals surface area contributed by atoms with Gasteiger partial charge in [0, 0.05) is 12.1 Å². The van der Waals surface area contributed by atoms with Crippen molar-refractivity contribution < 1.29 is 4.79 Å². The van der Waals surface area contributed by atoms with Crippen LogP contribution in [0.1, 0.15) is 52.9 Å². The van der Waals surface area contributed by atoms with Crippen LogP contribution in [-0.2, 0) is 4.79 Å². The fourth-order valence-electron chi connectivity index (χ4n) is 3.04. The molecule has 2 fully saturated rings. The third kappa shape index (κ3) is 2.10. The smallest absolute Gasteiger partial charge is 0.242 e. The number of amides is 1. The second-order valence-corrected chi connectivity index (χ2v) is 5.84. The average molecular weight is 224 g/mol. The first kappa shape index (κ1) is 11.9. The van der Waals surface area contributed by atoms with Crippen LogP contribution in [0.2, 0.25) is 0 Å². The van der Waals surface area contributed by atoms with Gasteiger partial charge in [-0.25, -0.2) is 0 Å². The molecular formula is C13H24N2O. The van der Waals surface area contributed by atoms with Gasteiger partial charge in [0.25, 0.3) is 0 Å². The van der Waals surface area contributed by atoms with E-state index in [9.17, 15) is 4.79 Å². The maximum atomic E-state index is 12.5. The molecule has 0 aromatic rings. The summed E-state index contributed by atoms with van der Waals surface area (Å²) in [5.74, 6) is 0.296. The Hall–Kier alpha value is -0.570. The predicted octanol–water partition coefficient (Wildman–Crippen LogP) is 1.92. The van der Waals surface area contributed by atoms with Crippen LogP contribution in [-0.4, -0.2) is 35.0 Å². The zero-order valence-corrected chi connectivity index (χ0v) is 10.8. The van der Waals surface area contributed by atoms with Crippen molar-refractivity contribution in [3.05, 3.63) is 0 Å². The van der Waals surface area contributed by atoms with Crippen molar-refractivity contribution in [1.82, 2.24) is 10.2 Å². The van der Waals surface area contributed by atoms with Gasteiger partial charge in [-0.05, 0) is 46.6 Å². The van der Waals surface area contributed by atoms with Crippen LogP contribution in [0.25, 0.3) is 0 Å². The number of carbonyl (C=O) groups is 1. The van der Waals surface area contributed by atoms with E-state index in [1.165, 1.54) is 25.7 Å². The van der Waals surface area contributed by atoms with E-state index in [0.717, 1.165) is 13.0 Å². The minimum absolute atomic E-state index is 0.296. The number of hydrogen-bond acceptors (Lipinski definition) is 2. The zero-order valence-electron chi connectivity index (χ0n) is 10.8. The standard InChI is InChI=1S/C13H24N2O/c1-10-8-9-14-13(2,3)12(16)15(10)11-6-4-5-7-11/h10-11,14H,4-9H2,1-3H3. The summed E-state index contributed by atoms with van der Waals surface area (Å²) in [4.78, 5) is 14.7. The molecule has 1 saturated carbocycles. The summed E-state index contributed by atoms with van der Waals surface area (Å²) in [6.07, 6.45) is 6.05. The van der Waals surface area contributed by atoms with Gasteiger partial charge in [-0.15, -0.1) is 0 Å². The lowest BCUT2D eigenvalue weighted by molar-refractivity contribution is -0.140. The molecule has 1 N–H and O–H groups in total. The molecule has 1 heterocycles. The summed E-state index contributed by atoms with van der Waals surface area (Å²) in [7, 11) is 0. The number of hydrogen-bond donors (Lipinski definition) is 1. The van der Waals surface area contributed by atoms with E-state index in [0.29, 0.717) is 18.0 Å². The molecule has 2 aliphatic rings. The van der Waals surface area contributed by atoms with Crippen molar-refractivity contribution in [2.45, 2.75) is 70.5 Å². The average Bonchev–Trinajstić information content (AvgIpc) is 2.67. The van der Waals surface area contributed by atoms with Gasteiger partial charge in [0.15, 0.2) is 0 Å². The normalized spacial score (nSPS) is 31.8. The lowest BCUT2D eigenvalue weighted by Crippen LogP contribution is -2.55. The third-order valence-corrected chi connectivity index (χ3v) is 4.09. The van der Waals surface area contributed by atoms with Crippen LogP contribution in [0.15, 0.2) is 0 Å². The first-order chi connectivity index (χ1) is 7.52. The van der Waals surface area contributed by atoms with E-state index >= 15 is 0 Å². The highest BCUT2D eigenvalue weighted by atomic mass is 16.2. The maximum Gasteiger partial charge on any atom is 0.242 e. The minimum atomic E-state index is -0.382. The lowest BCUT2D eigenvalue weighted by Gasteiger charge is -2.37. The minimum Gasteiger partial charge on any atom is -0.335 e. The summed E-state index contributed by atoms with van der Waals surface area (Å²) in [6.45, 7) is 7.16. The summed E-state index contributed by atoms with van der Waals surface area (Å²) in [6, 6.07) is 0.895. The van der Waals surface area contributed by atoms with Crippen LogP contribution in [0.5, 0.6) is 0 Å². The Kier molecular flexibility index (Phi) is 3.24. The van der Waals surface area contributed by atoms with Crippen molar-refractivity contribution in [3.8, 4) is 0 Å². The van der Waals surface area contributed by atoms with Crippen LogP contribution in [0.4, 0.5) is 0 Å². The highest BCUT2D eigenvalue weighted by molar-refractivity contribution is 5.86. The summed E-state index contributed by atoms with van der Waals surface area (Å²) in [5.41, 5.74) is -0.382. The largest absolute Gasteiger partial charge is 0.335 e. The molecule has 1 unspecified atom stereocenters. The number of rotatable bonds is 1. The third-order valence-electron chi connectivity index (χ3n) is 4.09. The van der Waals surface area contributed by atoms with Gasteiger partial charge >= 0.3 is 0 Å². The monoisotopic (exact) mass is 224 g/mol. The van der Waals surface area contributed by atoms with E-state index in [2.05, 4.69) is 17.1 Å². The SMILES string of the molecule is CC1CCNC(C)(C)C(=O)N1C1CCCC1. The number of nitrogens with zero attached hydrogens (tertiary/aromatic N) is 1. The Morgan fingerprint density at radius 3 is 2.50 bits per heavy atom. The molecule has 1 amide bonds. The lowest BCUT2D eigenvalue weighted by atomic mass is 10.0. The fourth-order valence-corrected chi connectivity index (χ4v) is 3.04. The van der Waals surface area contributed by atoms with Gasteiger partial charge in [-0.2, -0.15) is 0 Å². The highest BCUT2D eigenvalue weighted by Crippen LogP contribution is 2.29. The number of nitrogens with one attached hydrogen (secondary N) is 1. The van der Waals surface area contributed by atoms with Gasteiger partial charge in [0.2, 0.25) is 5.91 Å². The molecular weight excluding hydrogens is 200 g/mol. The molecule has 0 aromatic carbocycles. The Morgan fingerprint density at radius 2 is 1.88 bits per heavy atom. The molecule has 1 aliphatic carbocycles. The van der Waals surface area contributed by atoms with Crippen LogP contribution >= 0.6 is 0 Å². The summed E-state index contributed by atoms with van der Waals surface area (Å²) in [5, 5.41) is 3.36. The predicted molar refractivity (Wildman–Crippen MR) is 65.3 cm³/mol. The molecule has 0 bridgehead atoms. The van der Waals surface area contributed by atoms with Crippen molar-refractivity contribution in [2.24, 2.45) is 0 Å². The van der Waals surface area contributed by atoms with Gasteiger partial charge in [0.1, 0.15) is 0 Å². The topological polar surface area (TPSA) is 32.3 Å². The second-order valence-electron chi connectivity index (χ2n) is 5.84. The van der Waals surface area contributed by atoms with Gasteiger partial charge in [-0.3, -0.25) is 4.79 Å². The maximum absolute atomic E-state index is 12.5. The highest BCUT2D eigenvalue weighted by Gasteiger charge is 2.40. The van der Waals surface area contributed by atoms with Crippen molar-refractivity contribution in [3.63, 3.8) is 0 Å². The number of carbonyl (C=O) groups excluding carboxylic acids is 1. The molecule has 16 heavy (non-hydrogen) atoms. The molecule has 92 valence electrons. The quantitative estimate of drug-likeness (QED) is 0.738. The summed E-state index contributed by atoms with van der Waals surface area (Å²) < 4.78 is 0. The summed E-state index contributed by atoms with van der Waals surface area (Å²) >= 11 is 0. The van der Waals surface area contributed by atoms with Crippen LogP contribution < -0.4 is 5.32 Å². The Balaban J connectivity index is 2.20. The molecule has 0 spiro atoms. The molecule has 1 atom stereocenters. The second kappa shape index (κ2) is 4.36. The van der Waals surface area contributed by atoms with Crippen molar-refractivity contribution in [1.29, 1.82) is 0 Å². The fraction of sp³-hybridized carbons (Fsp3) is 0.923. The first-order valence-corrected chi connectivity index (χ1v) is 6.60. The first-order valence-electron chi connectivity index (χ1n) is 6.60. The van der Waals surface area contributed by atoms with Gasteiger partial charge in [0.05, 0.1) is 5.54 Å². The van der Waals surface area contributed by atoms with E-state index in [1.54, 1.807) is 0 Å². The zero-order chi connectivity index (χ0) is 11.8. The Labute approximate surface area is 98.6 Å². The molecule has 0 radical (unpaired) electrons. The van der Waals surface area contributed by atoms with E-state index < -0.39 is 0 Å². The van der Waals surface area contributed by atoms with Crippen LogP contribution in [0, 0.1) is 0 Å². The van der Waals surface area contributed by atoms with Crippen molar-refractivity contribution in [2.75, 3.05) is 6.54 Å². The Morgan fingerprint density at radius 1 is 1.25 bits per heavy atom. The molecule has 2 rings (SSSR count). The van der Waals surface area contributed by atoms with Gasteiger partial charge < -0.3 is 10.2 Å². The molecule has 0 aromatic heterocycles. The van der Waals surface area contributed by atoms with Crippen LogP contribution in [0.3, 0.4) is 0 Å². The molecule has 3 nitrogen and oxygen atoms in total. The molecule has 3 heteroatoms. The van der Waals surface area contributed by atoms with E-state index in [1.807, 2.05) is 13.8 Å². The van der Waals surface area contributed by atoms with Crippen molar-refractivity contribution >= 4 is 5.91 Å². The van der Waals surface area contributed by atoms with E-state index in [4.69, 9.17) is 0 Å². The van der Waals surface area contributed by atoms with E-state index in [-0.39, 0.29) is 5.54 Å².